The van der Waals surface area contributed by atoms with Crippen LogP contribution in [0.5, 0.6) is 0 Å². The van der Waals surface area contributed by atoms with Gasteiger partial charge in [0.15, 0.2) is 0 Å². The number of nitrogens with zero attached hydrogens (tertiary/aromatic N) is 2. The molecule has 1 atom stereocenters. The number of benzene rings is 1. The van der Waals surface area contributed by atoms with E-state index in [1.54, 1.807) is 0 Å². The standard InChI is InChI=1S/C14H17N3/c1-9-11-4-2-3-5-12(11)14(17-16-9)8-13(15)10-6-7-10/h2-5,10,13H,6-8,15H2,1H3. The lowest BCUT2D eigenvalue weighted by molar-refractivity contribution is 0.582. The Balaban J connectivity index is 2.01. The molecular formula is C14H17N3. The molecule has 1 saturated carbocycles. The second-order valence-corrected chi connectivity index (χ2v) is 4.98. The van der Waals surface area contributed by atoms with Gasteiger partial charge in [0.25, 0.3) is 0 Å². The third-order valence-electron chi connectivity index (χ3n) is 3.61. The van der Waals surface area contributed by atoms with E-state index in [2.05, 4.69) is 28.4 Å². The second-order valence-electron chi connectivity index (χ2n) is 4.98. The fourth-order valence-electron chi connectivity index (χ4n) is 2.36. The van der Waals surface area contributed by atoms with Crippen LogP contribution in [0.3, 0.4) is 0 Å². The first-order valence-electron chi connectivity index (χ1n) is 6.22. The van der Waals surface area contributed by atoms with Crippen LogP contribution >= 0.6 is 0 Å². The number of aromatic nitrogens is 2. The summed E-state index contributed by atoms with van der Waals surface area (Å²) in [5.74, 6) is 0.705. The van der Waals surface area contributed by atoms with Gasteiger partial charge in [0.2, 0.25) is 0 Å². The van der Waals surface area contributed by atoms with Crippen LogP contribution in [0.2, 0.25) is 0 Å². The molecule has 1 aliphatic rings. The molecule has 1 heterocycles. The average molecular weight is 227 g/mol. The molecule has 0 aliphatic heterocycles. The SMILES string of the molecule is Cc1nnc(CC(N)C2CC2)c2ccccc12. The molecular weight excluding hydrogens is 210 g/mol. The van der Waals surface area contributed by atoms with Crippen LogP contribution in [0.15, 0.2) is 24.3 Å². The first kappa shape index (κ1) is 10.7. The van der Waals surface area contributed by atoms with E-state index in [-0.39, 0.29) is 6.04 Å². The Morgan fingerprint density at radius 1 is 1.24 bits per heavy atom. The summed E-state index contributed by atoms with van der Waals surface area (Å²) in [7, 11) is 0. The van der Waals surface area contributed by atoms with Crippen molar-refractivity contribution < 1.29 is 0 Å². The van der Waals surface area contributed by atoms with E-state index in [1.807, 2.05) is 13.0 Å². The molecule has 3 heteroatoms. The van der Waals surface area contributed by atoms with Gasteiger partial charge in [-0.25, -0.2) is 0 Å². The Morgan fingerprint density at radius 3 is 2.65 bits per heavy atom. The molecule has 1 aromatic carbocycles. The van der Waals surface area contributed by atoms with Gasteiger partial charge in [0, 0.05) is 23.2 Å². The van der Waals surface area contributed by atoms with E-state index in [4.69, 9.17) is 5.73 Å². The highest BCUT2D eigenvalue weighted by Crippen LogP contribution is 2.33. The molecule has 0 saturated heterocycles. The quantitative estimate of drug-likeness (QED) is 0.874. The van der Waals surface area contributed by atoms with E-state index in [0.29, 0.717) is 5.92 Å². The first-order chi connectivity index (χ1) is 8.25. The van der Waals surface area contributed by atoms with E-state index in [9.17, 15) is 0 Å². The van der Waals surface area contributed by atoms with Crippen molar-refractivity contribution in [3.05, 3.63) is 35.7 Å². The monoisotopic (exact) mass is 227 g/mol. The van der Waals surface area contributed by atoms with Gasteiger partial charge < -0.3 is 5.73 Å². The van der Waals surface area contributed by atoms with Crippen molar-refractivity contribution in [1.82, 2.24) is 10.2 Å². The molecule has 88 valence electrons. The minimum absolute atomic E-state index is 0.246. The fraction of sp³-hybridized carbons (Fsp3) is 0.429. The number of aryl methyl sites for hydroxylation is 1. The van der Waals surface area contributed by atoms with Gasteiger partial charge in [-0.15, -0.1) is 0 Å². The highest BCUT2D eigenvalue weighted by molar-refractivity contribution is 5.86. The molecule has 3 nitrogen and oxygen atoms in total. The van der Waals surface area contributed by atoms with Crippen molar-refractivity contribution in [3.63, 3.8) is 0 Å². The zero-order valence-electron chi connectivity index (χ0n) is 10.1. The summed E-state index contributed by atoms with van der Waals surface area (Å²) in [6.07, 6.45) is 3.40. The molecule has 1 unspecified atom stereocenters. The first-order valence-corrected chi connectivity index (χ1v) is 6.22. The van der Waals surface area contributed by atoms with Gasteiger partial charge in [0.1, 0.15) is 0 Å². The summed E-state index contributed by atoms with van der Waals surface area (Å²) in [6, 6.07) is 8.56. The maximum atomic E-state index is 6.17. The Morgan fingerprint density at radius 2 is 1.94 bits per heavy atom. The summed E-state index contributed by atoms with van der Waals surface area (Å²) in [6.45, 7) is 2.00. The average Bonchev–Trinajstić information content (AvgIpc) is 3.17. The summed E-state index contributed by atoms with van der Waals surface area (Å²) in [5.41, 5.74) is 8.21. The molecule has 0 amide bonds. The minimum Gasteiger partial charge on any atom is -0.327 e. The van der Waals surface area contributed by atoms with Crippen molar-refractivity contribution in [2.45, 2.75) is 32.2 Å². The van der Waals surface area contributed by atoms with E-state index in [0.717, 1.165) is 17.8 Å². The summed E-state index contributed by atoms with van der Waals surface area (Å²) < 4.78 is 0. The summed E-state index contributed by atoms with van der Waals surface area (Å²) in [5, 5.41) is 11.0. The van der Waals surface area contributed by atoms with Gasteiger partial charge in [-0.05, 0) is 25.7 Å². The van der Waals surface area contributed by atoms with Crippen LogP contribution in [0.25, 0.3) is 10.8 Å². The van der Waals surface area contributed by atoms with Crippen molar-refractivity contribution in [2.24, 2.45) is 11.7 Å². The lowest BCUT2D eigenvalue weighted by Gasteiger charge is -2.11. The van der Waals surface area contributed by atoms with Crippen LogP contribution < -0.4 is 5.73 Å². The Bertz CT molecular complexity index is 546. The smallest absolute Gasteiger partial charge is 0.0725 e. The largest absolute Gasteiger partial charge is 0.327 e. The number of hydrogen-bond donors (Lipinski definition) is 1. The lowest BCUT2D eigenvalue weighted by Crippen LogP contribution is -2.25. The van der Waals surface area contributed by atoms with Crippen LogP contribution in [-0.2, 0) is 6.42 Å². The highest BCUT2D eigenvalue weighted by atomic mass is 15.1. The van der Waals surface area contributed by atoms with Crippen LogP contribution in [0.4, 0.5) is 0 Å². The molecule has 1 fully saturated rings. The Labute approximate surface area is 101 Å². The second kappa shape index (κ2) is 4.08. The molecule has 2 N–H and O–H groups in total. The van der Waals surface area contributed by atoms with Gasteiger partial charge in [-0.2, -0.15) is 10.2 Å². The van der Waals surface area contributed by atoms with Gasteiger partial charge in [0.05, 0.1) is 11.4 Å². The van der Waals surface area contributed by atoms with E-state index < -0.39 is 0 Å². The molecule has 0 radical (unpaired) electrons. The van der Waals surface area contributed by atoms with Crippen molar-refractivity contribution in [1.29, 1.82) is 0 Å². The van der Waals surface area contributed by atoms with Gasteiger partial charge in [-0.1, -0.05) is 24.3 Å². The van der Waals surface area contributed by atoms with E-state index in [1.165, 1.54) is 23.6 Å². The maximum absolute atomic E-state index is 6.17. The van der Waals surface area contributed by atoms with Crippen LogP contribution in [0.1, 0.15) is 24.2 Å². The van der Waals surface area contributed by atoms with Crippen LogP contribution in [0, 0.1) is 12.8 Å². The zero-order valence-corrected chi connectivity index (χ0v) is 10.1. The molecule has 1 aliphatic carbocycles. The third kappa shape index (κ3) is 2.03. The predicted molar refractivity (Wildman–Crippen MR) is 68.7 cm³/mol. The molecule has 3 rings (SSSR count). The Kier molecular flexibility index (Phi) is 2.56. The number of fused-ring (bicyclic) bond motifs is 1. The fourth-order valence-corrected chi connectivity index (χ4v) is 2.36. The molecule has 0 spiro atoms. The normalized spacial score (nSPS) is 17.3. The number of rotatable bonds is 3. The van der Waals surface area contributed by atoms with Crippen molar-refractivity contribution in [3.8, 4) is 0 Å². The van der Waals surface area contributed by atoms with Gasteiger partial charge in [-0.3, -0.25) is 0 Å². The van der Waals surface area contributed by atoms with Crippen molar-refractivity contribution >= 4 is 10.8 Å². The third-order valence-corrected chi connectivity index (χ3v) is 3.61. The minimum atomic E-state index is 0.246. The number of nitrogens with two attached hydrogens (primary N) is 1. The molecule has 17 heavy (non-hydrogen) atoms. The molecule has 1 aromatic heterocycles. The van der Waals surface area contributed by atoms with Crippen LogP contribution in [-0.4, -0.2) is 16.2 Å². The zero-order chi connectivity index (χ0) is 11.8. The highest BCUT2D eigenvalue weighted by Gasteiger charge is 2.29. The van der Waals surface area contributed by atoms with E-state index >= 15 is 0 Å². The number of hydrogen-bond acceptors (Lipinski definition) is 3. The van der Waals surface area contributed by atoms with Gasteiger partial charge >= 0.3 is 0 Å². The molecule has 2 aromatic rings. The summed E-state index contributed by atoms with van der Waals surface area (Å²) >= 11 is 0. The maximum Gasteiger partial charge on any atom is 0.0725 e. The summed E-state index contributed by atoms with van der Waals surface area (Å²) in [4.78, 5) is 0. The molecule has 0 bridgehead atoms. The predicted octanol–water partition coefficient (Wildman–Crippen LogP) is 2.22. The topological polar surface area (TPSA) is 51.8 Å². The van der Waals surface area contributed by atoms with Crippen molar-refractivity contribution in [2.75, 3.05) is 0 Å². The lowest BCUT2D eigenvalue weighted by atomic mass is 10.0. The Hall–Kier alpha value is -1.48.